The molecule has 1 N–H and O–H groups in total. The van der Waals surface area contributed by atoms with Gasteiger partial charge in [0.1, 0.15) is 4.21 Å². The summed E-state index contributed by atoms with van der Waals surface area (Å²) in [5.41, 5.74) is 3.53. The molecule has 0 aliphatic heterocycles. The normalized spacial score (nSPS) is 12.2. The van der Waals surface area contributed by atoms with Crippen molar-refractivity contribution in [2.45, 2.75) is 31.1 Å². The number of Topliss-reactive ketones (excluding diaryl/α,β-unsaturated/α-hetero) is 1. The van der Waals surface area contributed by atoms with Crippen molar-refractivity contribution in [3.05, 3.63) is 99.6 Å². The molecule has 4 aromatic rings. The van der Waals surface area contributed by atoms with Gasteiger partial charge in [0.15, 0.2) is 6.10 Å². The van der Waals surface area contributed by atoms with Crippen LogP contribution in [0.15, 0.2) is 77.0 Å². The molecule has 7 nitrogen and oxygen atoms in total. The minimum atomic E-state index is -3.79. The molecule has 36 heavy (non-hydrogen) atoms. The topological polar surface area (TPSA) is 94.5 Å². The van der Waals surface area contributed by atoms with Crippen LogP contribution in [0, 0.1) is 13.8 Å². The highest BCUT2D eigenvalue weighted by molar-refractivity contribution is 7.94. The number of esters is 1. The summed E-state index contributed by atoms with van der Waals surface area (Å²) in [5.74, 6) is -0.996. The summed E-state index contributed by atoms with van der Waals surface area (Å²) in [7, 11) is -3.79. The second kappa shape index (κ2) is 10.3. The average molecular weight is 543 g/mol. The van der Waals surface area contributed by atoms with Gasteiger partial charge in [-0.2, -0.15) is 0 Å². The quantitative estimate of drug-likeness (QED) is 0.216. The highest BCUT2D eigenvalue weighted by atomic mass is 35.5. The van der Waals surface area contributed by atoms with Crippen molar-refractivity contribution >= 4 is 50.4 Å². The van der Waals surface area contributed by atoms with Gasteiger partial charge in [-0.1, -0.05) is 29.8 Å². The van der Waals surface area contributed by atoms with Gasteiger partial charge in [-0.05, 0) is 75.4 Å². The number of nitrogens with one attached hydrogen (secondary N) is 1. The number of para-hydroxylation sites is 1. The lowest BCUT2D eigenvalue weighted by atomic mass is 10.1. The van der Waals surface area contributed by atoms with Crippen molar-refractivity contribution in [3.8, 4) is 5.69 Å². The van der Waals surface area contributed by atoms with Crippen molar-refractivity contribution in [2.75, 3.05) is 4.72 Å². The number of halogens is 1. The Morgan fingerprint density at radius 2 is 1.67 bits per heavy atom. The van der Waals surface area contributed by atoms with Crippen molar-refractivity contribution in [2.24, 2.45) is 0 Å². The minimum Gasteiger partial charge on any atom is -0.451 e. The highest BCUT2D eigenvalue weighted by Crippen LogP contribution is 2.27. The number of thiophene rings is 1. The second-order valence-electron chi connectivity index (χ2n) is 8.11. The molecule has 0 bridgehead atoms. The van der Waals surface area contributed by atoms with Crippen molar-refractivity contribution in [1.29, 1.82) is 0 Å². The van der Waals surface area contributed by atoms with Gasteiger partial charge in [-0.3, -0.25) is 9.52 Å². The number of carbonyl (C=O) groups excluding carboxylic acids is 2. The van der Waals surface area contributed by atoms with Crippen molar-refractivity contribution in [1.82, 2.24) is 4.57 Å². The van der Waals surface area contributed by atoms with Gasteiger partial charge in [0.05, 0.1) is 9.90 Å². The van der Waals surface area contributed by atoms with Crippen LogP contribution in [0.2, 0.25) is 4.34 Å². The fraction of sp³-hybridized carbons (Fsp3) is 0.154. The Balaban J connectivity index is 1.44. The molecule has 0 aliphatic carbocycles. The summed E-state index contributed by atoms with van der Waals surface area (Å²) in [6.07, 6.45) is -1.01. The Kier molecular flexibility index (Phi) is 7.35. The zero-order chi connectivity index (χ0) is 26.0. The molecule has 1 atom stereocenters. The number of ketones is 1. The van der Waals surface area contributed by atoms with Crippen LogP contribution in [-0.4, -0.2) is 30.8 Å². The fourth-order valence-corrected chi connectivity index (χ4v) is 6.35. The third-order valence-electron chi connectivity index (χ3n) is 5.55. The Morgan fingerprint density at radius 1 is 1.00 bits per heavy atom. The number of sulfonamides is 1. The summed E-state index contributed by atoms with van der Waals surface area (Å²) < 4.78 is 35.2. The zero-order valence-corrected chi connectivity index (χ0v) is 22.1. The molecule has 2 aromatic heterocycles. The Hall–Kier alpha value is -3.40. The summed E-state index contributed by atoms with van der Waals surface area (Å²) in [4.78, 5) is 25.8. The Morgan fingerprint density at radius 3 is 2.28 bits per heavy atom. The first-order chi connectivity index (χ1) is 17.1. The van der Waals surface area contributed by atoms with Crippen LogP contribution < -0.4 is 4.72 Å². The summed E-state index contributed by atoms with van der Waals surface area (Å²) in [6.45, 7) is 5.30. The first-order valence-corrected chi connectivity index (χ1v) is 13.6. The number of aryl methyl sites for hydroxylation is 1. The van der Waals surface area contributed by atoms with E-state index >= 15 is 0 Å². The molecule has 186 valence electrons. The van der Waals surface area contributed by atoms with Crippen LogP contribution in [0.25, 0.3) is 5.69 Å². The number of aromatic nitrogens is 1. The Bertz CT molecular complexity index is 1520. The molecule has 0 fully saturated rings. The van der Waals surface area contributed by atoms with E-state index in [-0.39, 0.29) is 21.2 Å². The monoisotopic (exact) mass is 542 g/mol. The minimum absolute atomic E-state index is 0.0787. The molecule has 0 saturated carbocycles. The van der Waals surface area contributed by atoms with E-state index in [0.29, 0.717) is 9.90 Å². The van der Waals surface area contributed by atoms with Crippen LogP contribution in [0.3, 0.4) is 0 Å². The summed E-state index contributed by atoms with van der Waals surface area (Å²) >= 11 is 6.76. The maximum absolute atomic E-state index is 13.1. The molecule has 2 heterocycles. The molecule has 0 saturated heterocycles. The number of rotatable bonds is 8. The summed E-state index contributed by atoms with van der Waals surface area (Å²) in [6, 6.07) is 20.1. The van der Waals surface area contributed by atoms with Crippen molar-refractivity contribution in [3.63, 3.8) is 0 Å². The lowest BCUT2D eigenvalue weighted by Crippen LogP contribution is -2.25. The van der Waals surface area contributed by atoms with Crippen molar-refractivity contribution < 1.29 is 22.7 Å². The smallest absolute Gasteiger partial charge is 0.338 e. The zero-order valence-electron chi connectivity index (χ0n) is 19.7. The van der Waals surface area contributed by atoms with E-state index in [2.05, 4.69) is 4.72 Å². The number of hydrogen-bond acceptors (Lipinski definition) is 6. The van der Waals surface area contributed by atoms with Crippen LogP contribution in [-0.2, 0) is 14.8 Å². The van der Waals surface area contributed by atoms with E-state index in [1.165, 1.54) is 43.3 Å². The van der Waals surface area contributed by atoms with Gasteiger partial charge in [0, 0.05) is 28.3 Å². The molecular weight excluding hydrogens is 520 g/mol. The van der Waals surface area contributed by atoms with Crippen LogP contribution in [0.1, 0.15) is 39.0 Å². The third kappa shape index (κ3) is 5.38. The maximum Gasteiger partial charge on any atom is 0.338 e. The van der Waals surface area contributed by atoms with E-state index in [1.807, 2.05) is 48.7 Å². The molecule has 0 radical (unpaired) electrons. The largest absolute Gasteiger partial charge is 0.451 e. The number of nitrogens with zero attached hydrogens (tertiary/aromatic N) is 1. The lowest BCUT2D eigenvalue weighted by Gasteiger charge is -2.14. The molecule has 0 spiro atoms. The van der Waals surface area contributed by atoms with Gasteiger partial charge >= 0.3 is 5.97 Å². The lowest BCUT2D eigenvalue weighted by molar-refractivity contribution is 0.0318. The number of hydrogen-bond donors (Lipinski definition) is 1. The van der Waals surface area contributed by atoms with E-state index in [9.17, 15) is 18.0 Å². The Labute approximate surface area is 218 Å². The molecule has 4 rings (SSSR count). The predicted molar refractivity (Wildman–Crippen MR) is 141 cm³/mol. The standard InChI is InChI=1S/C26H23ClN2O5S2/c1-16-15-22(17(2)29(16)21-7-5-4-6-8-21)25(30)18(3)34-26(31)19-9-11-20(12-10-19)28-36(32,33)24-14-13-23(27)35-24/h4-15,18,28H,1-3H3/t18-/m0/s1. The SMILES string of the molecule is Cc1cc(C(=O)[C@H](C)OC(=O)c2ccc(NS(=O)(=O)c3ccc(Cl)s3)cc2)c(C)n1-c1ccccc1. The number of carbonyl (C=O) groups is 2. The van der Waals surface area contributed by atoms with E-state index in [0.717, 1.165) is 28.4 Å². The van der Waals surface area contributed by atoms with E-state index in [4.69, 9.17) is 16.3 Å². The first-order valence-electron chi connectivity index (χ1n) is 10.9. The molecule has 0 aliphatic rings. The van der Waals surface area contributed by atoms with Crippen LogP contribution >= 0.6 is 22.9 Å². The molecule has 2 aromatic carbocycles. The van der Waals surface area contributed by atoms with Crippen LogP contribution in [0.5, 0.6) is 0 Å². The van der Waals surface area contributed by atoms with Gasteiger partial charge in [-0.25, -0.2) is 13.2 Å². The molecule has 0 unspecified atom stereocenters. The van der Waals surface area contributed by atoms with Crippen LogP contribution in [0.4, 0.5) is 5.69 Å². The number of benzene rings is 2. The highest BCUT2D eigenvalue weighted by Gasteiger charge is 2.25. The van der Waals surface area contributed by atoms with Gasteiger partial charge in [-0.15, -0.1) is 11.3 Å². The maximum atomic E-state index is 13.1. The van der Waals surface area contributed by atoms with E-state index in [1.54, 1.807) is 6.07 Å². The number of anilines is 1. The molecule has 0 amide bonds. The predicted octanol–water partition coefficient (Wildman–Crippen LogP) is 6.04. The molecular formula is C26H23ClN2O5S2. The van der Waals surface area contributed by atoms with E-state index < -0.39 is 22.1 Å². The second-order valence-corrected chi connectivity index (χ2v) is 11.7. The summed E-state index contributed by atoms with van der Waals surface area (Å²) in [5, 5.41) is 0. The fourth-order valence-electron chi connectivity index (χ4n) is 3.81. The number of ether oxygens (including phenoxy) is 1. The van der Waals surface area contributed by atoms with Gasteiger partial charge in [0.2, 0.25) is 5.78 Å². The van der Waals surface area contributed by atoms with Gasteiger partial charge in [0.25, 0.3) is 10.0 Å². The van der Waals surface area contributed by atoms with Gasteiger partial charge < -0.3 is 9.30 Å². The first kappa shape index (κ1) is 25.7. The average Bonchev–Trinajstić information content (AvgIpc) is 3.42. The molecule has 10 heteroatoms. The third-order valence-corrected chi connectivity index (χ3v) is 8.65.